The van der Waals surface area contributed by atoms with Crippen molar-refractivity contribution in [1.82, 2.24) is 19.6 Å². The number of rotatable bonds is 2. The Morgan fingerprint density at radius 1 is 1.10 bits per heavy atom. The van der Waals surface area contributed by atoms with E-state index >= 15 is 4.39 Å². The molecule has 3 aromatic heterocycles. The highest BCUT2D eigenvalue weighted by Gasteiger charge is 2.37. The monoisotopic (exact) mass is 547 g/mol. The third kappa shape index (κ3) is 4.49. The van der Waals surface area contributed by atoms with Crippen LogP contribution in [-0.4, -0.2) is 49.6 Å². The van der Waals surface area contributed by atoms with E-state index in [1.54, 1.807) is 63.4 Å². The van der Waals surface area contributed by atoms with Gasteiger partial charge in [-0.3, -0.25) is 14.3 Å². The van der Waals surface area contributed by atoms with Crippen LogP contribution in [0.5, 0.6) is 11.5 Å². The van der Waals surface area contributed by atoms with E-state index in [9.17, 15) is 9.90 Å². The summed E-state index contributed by atoms with van der Waals surface area (Å²) in [5.74, 6) is 0.576. The van der Waals surface area contributed by atoms with Gasteiger partial charge in [0.2, 0.25) is 0 Å². The van der Waals surface area contributed by atoms with Gasteiger partial charge in [-0.2, -0.15) is 0 Å². The van der Waals surface area contributed by atoms with Crippen LogP contribution in [0.2, 0.25) is 0 Å². The summed E-state index contributed by atoms with van der Waals surface area (Å²) in [5.41, 5.74) is 1.45. The standard InChI is InChI=1S/C29H30FN5O5/c1-28(2,3)40-27(36)34-12-19-20(30)7-8-21-24(19)17(13-38-21)14-39-22-10-18(25-33-32-15-35(25)26(22)34)16-6-9-23(31-11-16)29(4,5)37/h6-11,15,17,37H,12-14H2,1-5H3/t17-/m1/s1. The van der Waals surface area contributed by atoms with Crippen molar-refractivity contribution in [3.63, 3.8) is 0 Å². The predicted molar refractivity (Wildman–Crippen MR) is 144 cm³/mol. The normalized spacial score (nSPS) is 16.8. The molecule has 0 aliphatic carbocycles. The first-order valence-electron chi connectivity index (χ1n) is 13.0. The van der Waals surface area contributed by atoms with E-state index in [0.717, 1.165) is 0 Å². The molecule has 0 bridgehead atoms. The van der Waals surface area contributed by atoms with E-state index in [1.807, 2.05) is 6.07 Å². The second-order valence-corrected chi connectivity index (χ2v) is 11.6. The van der Waals surface area contributed by atoms with Crippen LogP contribution in [0, 0.1) is 5.82 Å². The average Bonchev–Trinajstić information content (AvgIpc) is 3.53. The van der Waals surface area contributed by atoms with Gasteiger partial charge in [0.25, 0.3) is 0 Å². The van der Waals surface area contributed by atoms with Crippen molar-refractivity contribution < 1.29 is 28.5 Å². The molecule has 4 aromatic rings. The molecule has 11 heteroatoms. The molecule has 6 rings (SSSR count). The van der Waals surface area contributed by atoms with Crippen LogP contribution in [0.25, 0.3) is 16.8 Å². The Labute approximate surface area is 230 Å². The van der Waals surface area contributed by atoms with E-state index < -0.39 is 23.1 Å². The summed E-state index contributed by atoms with van der Waals surface area (Å²) in [6.45, 7) is 9.05. The molecule has 1 N–H and O–H groups in total. The lowest BCUT2D eigenvalue weighted by molar-refractivity contribution is 0.0574. The molecule has 208 valence electrons. The fraction of sp³-hybridized carbons (Fsp3) is 0.379. The Morgan fingerprint density at radius 2 is 1.85 bits per heavy atom. The fourth-order valence-corrected chi connectivity index (χ4v) is 5.10. The predicted octanol–water partition coefficient (Wildman–Crippen LogP) is 4.97. The van der Waals surface area contributed by atoms with Crippen LogP contribution in [0.15, 0.2) is 42.9 Å². The molecule has 0 saturated heterocycles. The molecule has 10 nitrogen and oxygen atoms in total. The number of benzene rings is 1. The molecule has 2 aliphatic heterocycles. The SMILES string of the molecule is CC(C)(C)OC(=O)N1Cc2c(F)ccc3c2[C@H](CO3)COc2cc(-c3ccc(C(C)(C)O)nc3)c3nncn3c21. The minimum atomic E-state index is -1.10. The molecular formula is C29H30FN5O5. The van der Waals surface area contributed by atoms with Crippen molar-refractivity contribution >= 4 is 17.6 Å². The van der Waals surface area contributed by atoms with Gasteiger partial charge >= 0.3 is 6.09 Å². The van der Waals surface area contributed by atoms with Crippen molar-refractivity contribution in [3.05, 3.63) is 65.5 Å². The minimum Gasteiger partial charge on any atom is -0.493 e. The number of carbonyl (C=O) groups excluding carboxylic acids is 1. The van der Waals surface area contributed by atoms with Crippen molar-refractivity contribution in [2.75, 3.05) is 18.1 Å². The second-order valence-electron chi connectivity index (χ2n) is 11.6. The van der Waals surface area contributed by atoms with Gasteiger partial charge in [-0.1, -0.05) is 6.07 Å². The van der Waals surface area contributed by atoms with Gasteiger partial charge in [-0.25, -0.2) is 9.18 Å². The van der Waals surface area contributed by atoms with Crippen molar-refractivity contribution in [3.8, 4) is 22.6 Å². The first-order chi connectivity index (χ1) is 18.9. The van der Waals surface area contributed by atoms with E-state index in [2.05, 4.69) is 15.2 Å². The summed E-state index contributed by atoms with van der Waals surface area (Å²) in [5, 5.41) is 18.8. The zero-order valence-electron chi connectivity index (χ0n) is 22.9. The number of aliphatic hydroxyl groups is 1. The maximum absolute atomic E-state index is 15.4. The van der Waals surface area contributed by atoms with Gasteiger partial charge in [0.1, 0.15) is 29.1 Å². The third-order valence-electron chi connectivity index (χ3n) is 6.95. The Bertz CT molecular complexity index is 1620. The zero-order chi connectivity index (χ0) is 28.4. The molecule has 40 heavy (non-hydrogen) atoms. The summed E-state index contributed by atoms with van der Waals surface area (Å²) in [6.07, 6.45) is 2.45. The molecule has 0 spiro atoms. The molecule has 1 atom stereocenters. The number of amides is 1. The van der Waals surface area contributed by atoms with Gasteiger partial charge in [0.15, 0.2) is 17.2 Å². The lowest BCUT2D eigenvalue weighted by atomic mass is 9.95. The highest BCUT2D eigenvalue weighted by atomic mass is 19.1. The van der Waals surface area contributed by atoms with E-state index in [4.69, 9.17) is 14.2 Å². The number of halogens is 1. The smallest absolute Gasteiger partial charge is 0.416 e. The van der Waals surface area contributed by atoms with Gasteiger partial charge in [-0.15, -0.1) is 10.2 Å². The maximum Gasteiger partial charge on any atom is 0.416 e. The van der Waals surface area contributed by atoms with Crippen molar-refractivity contribution in [2.45, 2.75) is 58.3 Å². The topological polar surface area (TPSA) is 111 Å². The molecule has 0 saturated carbocycles. The Morgan fingerprint density at radius 3 is 2.52 bits per heavy atom. The summed E-state index contributed by atoms with van der Waals surface area (Å²) < 4.78 is 35.0. The summed E-state index contributed by atoms with van der Waals surface area (Å²) in [4.78, 5) is 19.5. The summed E-state index contributed by atoms with van der Waals surface area (Å²) in [6, 6.07) is 8.32. The lowest BCUT2D eigenvalue weighted by Crippen LogP contribution is -2.38. The third-order valence-corrected chi connectivity index (χ3v) is 6.95. The molecule has 0 unspecified atom stereocenters. The molecule has 5 heterocycles. The molecule has 1 aromatic carbocycles. The largest absolute Gasteiger partial charge is 0.493 e. The van der Waals surface area contributed by atoms with Crippen molar-refractivity contribution in [1.29, 1.82) is 0 Å². The Balaban J connectivity index is 1.56. The lowest BCUT2D eigenvalue weighted by Gasteiger charge is -2.29. The van der Waals surface area contributed by atoms with Crippen LogP contribution in [-0.2, 0) is 16.9 Å². The summed E-state index contributed by atoms with van der Waals surface area (Å²) >= 11 is 0. The number of pyridine rings is 2. The van der Waals surface area contributed by atoms with Crippen LogP contribution in [0.3, 0.4) is 0 Å². The number of aromatic nitrogens is 4. The molecule has 0 radical (unpaired) electrons. The van der Waals surface area contributed by atoms with Gasteiger partial charge < -0.3 is 19.3 Å². The molecule has 2 aliphatic rings. The quantitative estimate of drug-likeness (QED) is 0.375. The number of anilines is 1. The number of hydrogen-bond acceptors (Lipinski definition) is 8. The number of carbonyl (C=O) groups is 1. The average molecular weight is 548 g/mol. The number of hydrogen-bond donors (Lipinski definition) is 1. The maximum atomic E-state index is 15.4. The highest BCUT2D eigenvalue weighted by molar-refractivity contribution is 5.92. The van der Waals surface area contributed by atoms with Crippen LogP contribution < -0.4 is 14.4 Å². The van der Waals surface area contributed by atoms with Crippen LogP contribution in [0.1, 0.15) is 57.4 Å². The minimum absolute atomic E-state index is 0.116. The van der Waals surface area contributed by atoms with E-state index in [1.165, 1.54) is 17.3 Å². The van der Waals surface area contributed by atoms with Crippen molar-refractivity contribution in [2.24, 2.45) is 0 Å². The van der Waals surface area contributed by atoms with Crippen LogP contribution >= 0.6 is 0 Å². The summed E-state index contributed by atoms with van der Waals surface area (Å²) in [7, 11) is 0. The van der Waals surface area contributed by atoms with Crippen LogP contribution in [0.4, 0.5) is 15.0 Å². The van der Waals surface area contributed by atoms with E-state index in [-0.39, 0.29) is 19.1 Å². The number of fused-ring (bicyclic) bond motifs is 3. The van der Waals surface area contributed by atoms with Gasteiger partial charge in [0.05, 0.1) is 31.4 Å². The fourth-order valence-electron chi connectivity index (χ4n) is 5.10. The number of nitrogens with zero attached hydrogens (tertiary/aromatic N) is 5. The van der Waals surface area contributed by atoms with Gasteiger partial charge in [-0.05, 0) is 58.9 Å². The van der Waals surface area contributed by atoms with E-state index in [0.29, 0.717) is 57.5 Å². The van der Waals surface area contributed by atoms with Gasteiger partial charge in [0, 0.05) is 28.5 Å². The molecule has 0 fully saturated rings. The Kier molecular flexibility index (Phi) is 5.95. The zero-order valence-corrected chi connectivity index (χ0v) is 22.9. The first kappa shape index (κ1) is 26.0. The second kappa shape index (κ2) is 9.16. The number of ether oxygens (including phenoxy) is 3. The molecule has 1 amide bonds. The Hall–Kier alpha value is -4.25. The first-order valence-corrected chi connectivity index (χ1v) is 13.0. The highest BCUT2D eigenvalue weighted by Crippen LogP contribution is 2.44. The molecular weight excluding hydrogens is 517 g/mol.